The molecule has 4 heteroatoms. The summed E-state index contributed by atoms with van der Waals surface area (Å²) in [6, 6.07) is 17.6. The Morgan fingerprint density at radius 3 is 2.21 bits per heavy atom. The van der Waals surface area contributed by atoms with Crippen molar-refractivity contribution in [3.63, 3.8) is 0 Å². The monoisotopic (exact) mass is 463 g/mol. The molecule has 0 unspecified atom stereocenters. The zero-order chi connectivity index (χ0) is 24.1. The summed E-state index contributed by atoms with van der Waals surface area (Å²) in [7, 11) is 0. The first-order chi connectivity index (χ1) is 16.3. The first-order valence-electron chi connectivity index (χ1n) is 13.1. The summed E-state index contributed by atoms with van der Waals surface area (Å²) < 4.78 is 6.31. The lowest BCUT2D eigenvalue weighted by Gasteiger charge is -2.36. The molecular formula is C30H41NO3. The highest BCUT2D eigenvalue weighted by Crippen LogP contribution is 2.39. The third-order valence-corrected chi connectivity index (χ3v) is 7.99. The van der Waals surface area contributed by atoms with E-state index in [4.69, 9.17) is 4.74 Å². The van der Waals surface area contributed by atoms with Crippen LogP contribution in [0.15, 0.2) is 48.5 Å². The number of carbonyl (C=O) groups is 1. The molecule has 34 heavy (non-hydrogen) atoms. The molecule has 4 nitrogen and oxygen atoms in total. The van der Waals surface area contributed by atoms with Gasteiger partial charge in [0.15, 0.2) is 0 Å². The molecule has 0 heterocycles. The number of nitrogens with one attached hydrogen (secondary N) is 1. The maximum absolute atomic E-state index is 11.1. The van der Waals surface area contributed by atoms with Crippen molar-refractivity contribution in [2.75, 3.05) is 0 Å². The quantitative estimate of drug-likeness (QED) is 0.461. The molecule has 0 radical (unpaired) electrons. The second kappa shape index (κ2) is 10.9. The molecule has 184 valence electrons. The van der Waals surface area contributed by atoms with Crippen LogP contribution in [0.1, 0.15) is 77.7 Å². The first-order valence-corrected chi connectivity index (χ1v) is 13.1. The van der Waals surface area contributed by atoms with Crippen molar-refractivity contribution in [3.05, 3.63) is 54.1 Å². The average Bonchev–Trinajstić information content (AvgIpc) is 2.83. The van der Waals surface area contributed by atoms with E-state index in [2.05, 4.69) is 74.6 Å². The molecule has 0 amide bonds. The molecule has 4 rings (SSSR count). The van der Waals surface area contributed by atoms with Gasteiger partial charge in [-0.1, -0.05) is 51.1 Å². The van der Waals surface area contributed by atoms with E-state index in [9.17, 15) is 9.90 Å². The van der Waals surface area contributed by atoms with Crippen LogP contribution >= 0.6 is 0 Å². The number of carboxylic acids is 1. The van der Waals surface area contributed by atoms with Gasteiger partial charge in [0.2, 0.25) is 0 Å². The van der Waals surface area contributed by atoms with E-state index < -0.39 is 5.97 Å². The van der Waals surface area contributed by atoms with Gasteiger partial charge in [0.25, 0.3) is 0 Å². The minimum atomic E-state index is -0.643. The fourth-order valence-electron chi connectivity index (χ4n) is 5.63. The van der Waals surface area contributed by atoms with Crippen LogP contribution in [-0.2, 0) is 11.3 Å². The van der Waals surface area contributed by atoms with Crippen LogP contribution in [0.4, 0.5) is 0 Å². The molecule has 2 aromatic carbocycles. The lowest BCUT2D eigenvalue weighted by atomic mass is 9.72. The van der Waals surface area contributed by atoms with Gasteiger partial charge in [-0.3, -0.25) is 4.79 Å². The summed E-state index contributed by atoms with van der Waals surface area (Å²) in [5.74, 6) is 0.969. The van der Waals surface area contributed by atoms with E-state index in [-0.39, 0.29) is 5.92 Å². The van der Waals surface area contributed by atoms with E-state index in [0.717, 1.165) is 56.7 Å². The highest BCUT2D eigenvalue weighted by Gasteiger charge is 2.30. The van der Waals surface area contributed by atoms with E-state index in [0.29, 0.717) is 17.6 Å². The second-order valence-corrected chi connectivity index (χ2v) is 11.4. The Balaban J connectivity index is 1.28. The van der Waals surface area contributed by atoms with E-state index in [1.807, 2.05) is 0 Å². The van der Waals surface area contributed by atoms with Gasteiger partial charge < -0.3 is 15.2 Å². The van der Waals surface area contributed by atoms with Gasteiger partial charge in [0.1, 0.15) is 5.75 Å². The van der Waals surface area contributed by atoms with Gasteiger partial charge >= 0.3 is 5.97 Å². The molecule has 2 saturated carbocycles. The SMILES string of the molecule is CC(C)(C)C1CCC(Oc2ccc(-c3cccc(CNC4CCC(C(=O)O)CC4)c3)cc2)CC1. The lowest BCUT2D eigenvalue weighted by molar-refractivity contribution is -0.142. The number of benzene rings is 2. The number of carboxylic acid groups (broad SMARTS) is 1. The number of ether oxygens (including phenoxy) is 1. The minimum Gasteiger partial charge on any atom is -0.490 e. The topological polar surface area (TPSA) is 58.6 Å². The normalized spacial score (nSPS) is 25.6. The van der Waals surface area contributed by atoms with Crippen LogP contribution in [0.25, 0.3) is 11.1 Å². The van der Waals surface area contributed by atoms with Crippen molar-refractivity contribution in [2.45, 2.75) is 90.8 Å². The van der Waals surface area contributed by atoms with Crippen molar-refractivity contribution in [1.29, 1.82) is 0 Å². The van der Waals surface area contributed by atoms with Gasteiger partial charge in [-0.2, -0.15) is 0 Å². The largest absolute Gasteiger partial charge is 0.490 e. The van der Waals surface area contributed by atoms with Gasteiger partial charge in [0.05, 0.1) is 12.0 Å². The van der Waals surface area contributed by atoms with E-state index in [1.165, 1.54) is 29.5 Å². The van der Waals surface area contributed by atoms with Crippen molar-refractivity contribution in [1.82, 2.24) is 5.32 Å². The number of hydrogen-bond donors (Lipinski definition) is 2. The van der Waals surface area contributed by atoms with Crippen LogP contribution in [0.3, 0.4) is 0 Å². The predicted octanol–water partition coefficient (Wildman–Crippen LogP) is 7.07. The van der Waals surface area contributed by atoms with Crippen molar-refractivity contribution < 1.29 is 14.6 Å². The van der Waals surface area contributed by atoms with Gasteiger partial charge in [-0.05, 0) is 97.6 Å². The van der Waals surface area contributed by atoms with Gasteiger partial charge in [-0.15, -0.1) is 0 Å². The molecule has 0 aliphatic heterocycles. The zero-order valence-electron chi connectivity index (χ0n) is 21.1. The summed E-state index contributed by atoms with van der Waals surface area (Å²) >= 11 is 0. The average molecular weight is 464 g/mol. The Kier molecular flexibility index (Phi) is 7.98. The lowest BCUT2D eigenvalue weighted by Crippen LogP contribution is -2.34. The molecule has 2 fully saturated rings. The van der Waals surface area contributed by atoms with Crippen molar-refractivity contribution in [2.24, 2.45) is 17.3 Å². The standard InChI is InChI=1S/C30H41NO3/c1-30(2,3)25-11-17-28(18-12-25)34-27-15-9-22(10-16-27)24-6-4-5-21(19-24)20-31-26-13-7-23(8-14-26)29(32)33/h4-6,9-10,15-16,19,23,25-26,28,31H,7-8,11-14,17-18,20H2,1-3H3,(H,32,33). The van der Waals surface area contributed by atoms with Gasteiger partial charge in [0, 0.05) is 12.6 Å². The zero-order valence-corrected chi connectivity index (χ0v) is 21.1. The number of rotatable bonds is 7. The van der Waals surface area contributed by atoms with Crippen LogP contribution in [0.5, 0.6) is 5.75 Å². The molecular weight excluding hydrogens is 422 g/mol. The molecule has 2 aromatic rings. The van der Waals surface area contributed by atoms with Crippen LogP contribution in [0.2, 0.25) is 0 Å². The van der Waals surface area contributed by atoms with Crippen LogP contribution in [-0.4, -0.2) is 23.2 Å². The van der Waals surface area contributed by atoms with E-state index in [1.54, 1.807) is 0 Å². The maximum atomic E-state index is 11.1. The third kappa shape index (κ3) is 6.63. The first kappa shape index (κ1) is 24.8. The molecule has 0 spiro atoms. The Hall–Kier alpha value is -2.33. The summed E-state index contributed by atoms with van der Waals surface area (Å²) in [4.78, 5) is 11.1. The Morgan fingerprint density at radius 1 is 0.912 bits per heavy atom. The maximum Gasteiger partial charge on any atom is 0.306 e. The fraction of sp³-hybridized carbons (Fsp3) is 0.567. The third-order valence-electron chi connectivity index (χ3n) is 7.99. The highest BCUT2D eigenvalue weighted by atomic mass is 16.5. The van der Waals surface area contributed by atoms with Crippen LogP contribution < -0.4 is 10.1 Å². The number of hydrogen-bond acceptors (Lipinski definition) is 3. The summed E-state index contributed by atoms with van der Waals surface area (Å²) in [6.07, 6.45) is 8.59. The summed E-state index contributed by atoms with van der Waals surface area (Å²) in [5.41, 5.74) is 4.07. The minimum absolute atomic E-state index is 0.160. The van der Waals surface area contributed by atoms with Crippen LogP contribution in [0, 0.1) is 17.3 Å². The number of aliphatic carboxylic acids is 1. The molecule has 2 aliphatic rings. The fourth-order valence-corrected chi connectivity index (χ4v) is 5.63. The highest BCUT2D eigenvalue weighted by molar-refractivity contribution is 5.70. The molecule has 2 N–H and O–H groups in total. The van der Waals surface area contributed by atoms with Crippen molar-refractivity contribution >= 4 is 5.97 Å². The summed E-state index contributed by atoms with van der Waals surface area (Å²) in [6.45, 7) is 7.88. The molecule has 2 aliphatic carbocycles. The Bertz CT molecular complexity index is 930. The Morgan fingerprint density at radius 2 is 1.59 bits per heavy atom. The molecule has 0 bridgehead atoms. The molecule has 0 atom stereocenters. The smallest absolute Gasteiger partial charge is 0.306 e. The Labute approximate surface area is 205 Å². The van der Waals surface area contributed by atoms with Crippen molar-refractivity contribution in [3.8, 4) is 16.9 Å². The molecule has 0 aromatic heterocycles. The van der Waals surface area contributed by atoms with Gasteiger partial charge in [-0.25, -0.2) is 0 Å². The second-order valence-electron chi connectivity index (χ2n) is 11.4. The summed E-state index contributed by atoms with van der Waals surface area (Å²) in [5, 5.41) is 12.8. The predicted molar refractivity (Wildman–Crippen MR) is 138 cm³/mol. The van der Waals surface area contributed by atoms with E-state index >= 15 is 0 Å². The molecule has 0 saturated heterocycles.